The average molecular weight is 561 g/mol. The zero-order valence-corrected chi connectivity index (χ0v) is 22.6. The van der Waals surface area contributed by atoms with Gasteiger partial charge >= 0.3 is 0 Å². The number of carbonyl (C=O) groups is 2. The number of amides is 2. The monoisotopic (exact) mass is 559 g/mol. The van der Waals surface area contributed by atoms with Gasteiger partial charge in [0.05, 0.1) is 22.0 Å². The quantitative estimate of drug-likeness (QED) is 0.473. The molecule has 190 valence electrons. The molecule has 1 fully saturated rings. The smallest absolute Gasteiger partial charge is 0.244 e. The molecule has 0 saturated heterocycles. The van der Waals surface area contributed by atoms with Crippen molar-refractivity contribution < 1.29 is 18.0 Å². The van der Waals surface area contributed by atoms with Crippen LogP contribution in [-0.2, 0) is 26.2 Å². The van der Waals surface area contributed by atoms with E-state index >= 15 is 0 Å². The second kappa shape index (κ2) is 11.8. The molecule has 35 heavy (non-hydrogen) atoms. The lowest BCUT2D eigenvalue weighted by molar-refractivity contribution is -0.139. The minimum Gasteiger partial charge on any atom is -0.352 e. The number of sulfonamides is 1. The normalized spacial score (nSPS) is 15.0. The molecule has 11 heteroatoms. The van der Waals surface area contributed by atoms with Gasteiger partial charge in [-0.1, -0.05) is 59.8 Å². The Labute approximate surface area is 221 Å². The molecule has 2 aromatic carbocycles. The van der Waals surface area contributed by atoms with Crippen molar-refractivity contribution in [2.75, 3.05) is 17.1 Å². The summed E-state index contributed by atoms with van der Waals surface area (Å²) in [6.45, 7) is 1.20. The number of carbonyl (C=O) groups excluding carboxylic acids is 2. The van der Waals surface area contributed by atoms with Crippen LogP contribution in [0.4, 0.5) is 5.69 Å². The summed E-state index contributed by atoms with van der Waals surface area (Å²) in [5.74, 6) is -0.830. The first kappa shape index (κ1) is 27.6. The largest absolute Gasteiger partial charge is 0.352 e. The van der Waals surface area contributed by atoms with Crippen molar-refractivity contribution >= 4 is 62.3 Å². The van der Waals surface area contributed by atoms with Crippen molar-refractivity contribution in [3.05, 3.63) is 63.1 Å². The van der Waals surface area contributed by atoms with Gasteiger partial charge in [0, 0.05) is 17.6 Å². The second-order valence-corrected chi connectivity index (χ2v) is 11.8. The fourth-order valence-corrected chi connectivity index (χ4v) is 5.41. The van der Waals surface area contributed by atoms with Gasteiger partial charge in [0.2, 0.25) is 21.8 Å². The summed E-state index contributed by atoms with van der Waals surface area (Å²) in [6.07, 6.45) is 4.91. The number of nitrogens with zero attached hydrogens (tertiary/aromatic N) is 2. The molecular formula is C24H28Cl3N3O4S. The van der Waals surface area contributed by atoms with Crippen molar-refractivity contribution in [2.45, 2.75) is 51.2 Å². The van der Waals surface area contributed by atoms with Crippen LogP contribution in [0, 0.1) is 0 Å². The minimum atomic E-state index is -3.86. The number of anilines is 1. The van der Waals surface area contributed by atoms with E-state index in [0.717, 1.165) is 36.2 Å². The topological polar surface area (TPSA) is 86.8 Å². The summed E-state index contributed by atoms with van der Waals surface area (Å²) < 4.78 is 26.2. The number of rotatable bonds is 9. The summed E-state index contributed by atoms with van der Waals surface area (Å²) in [6, 6.07) is 10.5. The number of nitrogens with one attached hydrogen (secondary N) is 1. The first-order valence-electron chi connectivity index (χ1n) is 11.2. The number of halogens is 3. The Hall–Kier alpha value is -2.00. The third-order valence-electron chi connectivity index (χ3n) is 5.98. The highest BCUT2D eigenvalue weighted by Gasteiger charge is 2.31. The van der Waals surface area contributed by atoms with Crippen LogP contribution >= 0.6 is 34.8 Å². The van der Waals surface area contributed by atoms with Crippen LogP contribution in [0.25, 0.3) is 0 Å². The fraction of sp³-hybridized carbons (Fsp3) is 0.417. The van der Waals surface area contributed by atoms with Crippen molar-refractivity contribution in [3.8, 4) is 0 Å². The average Bonchev–Trinajstić information content (AvgIpc) is 3.29. The molecule has 0 aromatic heterocycles. The van der Waals surface area contributed by atoms with Gasteiger partial charge in [0.1, 0.15) is 12.6 Å². The highest BCUT2D eigenvalue weighted by molar-refractivity contribution is 7.92. The summed E-state index contributed by atoms with van der Waals surface area (Å²) in [7, 11) is -3.86. The van der Waals surface area contributed by atoms with Crippen LogP contribution in [-0.4, -0.2) is 50.0 Å². The minimum absolute atomic E-state index is 0.0804. The zero-order valence-electron chi connectivity index (χ0n) is 19.5. The van der Waals surface area contributed by atoms with Gasteiger partial charge in [-0.2, -0.15) is 0 Å². The Balaban J connectivity index is 1.89. The molecule has 7 nitrogen and oxygen atoms in total. The lowest BCUT2D eigenvalue weighted by Gasteiger charge is -2.32. The molecule has 1 saturated carbocycles. The lowest BCUT2D eigenvalue weighted by atomic mass is 10.1. The number of benzene rings is 2. The van der Waals surface area contributed by atoms with E-state index in [1.54, 1.807) is 31.2 Å². The Morgan fingerprint density at radius 1 is 1.06 bits per heavy atom. The standard InChI is InChI=1S/C24H28Cl3N3O4S/c1-16(24(32)28-19-8-3-4-9-19)29(14-17-6-5-7-18(25)12-17)23(31)15-30(35(2,33)34)20-10-11-21(26)22(27)13-20/h5-7,10-13,16,19H,3-4,8-9,14-15H2,1-2H3,(H,28,32)/t16-/m1/s1. The van der Waals surface area contributed by atoms with Crippen LogP contribution in [0.15, 0.2) is 42.5 Å². The van der Waals surface area contributed by atoms with E-state index in [1.165, 1.54) is 23.1 Å². The summed E-state index contributed by atoms with van der Waals surface area (Å²) in [4.78, 5) is 28.0. The first-order chi connectivity index (χ1) is 16.5. The van der Waals surface area contributed by atoms with Gasteiger partial charge in [-0.15, -0.1) is 0 Å². The van der Waals surface area contributed by atoms with E-state index in [4.69, 9.17) is 34.8 Å². The molecule has 2 amide bonds. The molecule has 1 aliphatic rings. The molecule has 1 N–H and O–H groups in total. The third-order valence-corrected chi connectivity index (χ3v) is 8.10. The molecule has 0 bridgehead atoms. The summed E-state index contributed by atoms with van der Waals surface area (Å²) in [5, 5.41) is 3.93. The van der Waals surface area contributed by atoms with Crippen LogP contribution < -0.4 is 9.62 Å². The molecular weight excluding hydrogens is 533 g/mol. The Morgan fingerprint density at radius 3 is 2.34 bits per heavy atom. The molecule has 1 atom stereocenters. The number of hydrogen-bond donors (Lipinski definition) is 1. The molecule has 3 rings (SSSR count). The van der Waals surface area contributed by atoms with Gasteiger partial charge < -0.3 is 10.2 Å². The van der Waals surface area contributed by atoms with E-state index in [2.05, 4.69) is 5.32 Å². The lowest BCUT2D eigenvalue weighted by Crippen LogP contribution is -2.52. The van der Waals surface area contributed by atoms with Crippen molar-refractivity contribution in [3.63, 3.8) is 0 Å². The van der Waals surface area contributed by atoms with Crippen LogP contribution in [0.3, 0.4) is 0 Å². The molecule has 0 spiro atoms. The predicted octanol–water partition coefficient (Wildman–Crippen LogP) is 4.89. The van der Waals surface area contributed by atoms with Crippen molar-refractivity contribution in [1.82, 2.24) is 10.2 Å². The Bertz CT molecular complexity index is 1190. The van der Waals surface area contributed by atoms with Crippen LogP contribution in [0.5, 0.6) is 0 Å². The number of hydrogen-bond acceptors (Lipinski definition) is 4. The van der Waals surface area contributed by atoms with Gasteiger partial charge in [0.25, 0.3) is 0 Å². The van der Waals surface area contributed by atoms with Gasteiger partial charge in [-0.3, -0.25) is 13.9 Å². The Morgan fingerprint density at radius 2 is 1.74 bits per heavy atom. The third kappa shape index (κ3) is 7.49. The van der Waals surface area contributed by atoms with Gasteiger partial charge in [-0.05, 0) is 55.7 Å². The zero-order chi connectivity index (χ0) is 25.8. The van der Waals surface area contributed by atoms with E-state index in [9.17, 15) is 18.0 Å². The molecule has 0 heterocycles. The molecule has 0 unspecified atom stereocenters. The molecule has 0 radical (unpaired) electrons. The van der Waals surface area contributed by atoms with Gasteiger partial charge in [0.15, 0.2) is 0 Å². The molecule has 1 aliphatic carbocycles. The maximum absolute atomic E-state index is 13.5. The summed E-state index contributed by atoms with van der Waals surface area (Å²) in [5.41, 5.74) is 0.910. The first-order valence-corrected chi connectivity index (χ1v) is 14.2. The molecule has 2 aromatic rings. The SMILES string of the molecule is C[C@H](C(=O)NC1CCCC1)N(Cc1cccc(Cl)c1)C(=O)CN(c1ccc(Cl)c(Cl)c1)S(C)(=O)=O. The van der Waals surface area contributed by atoms with E-state index in [1.807, 2.05) is 0 Å². The van der Waals surface area contributed by atoms with Crippen molar-refractivity contribution in [2.24, 2.45) is 0 Å². The molecule has 0 aliphatic heterocycles. The maximum Gasteiger partial charge on any atom is 0.244 e. The summed E-state index contributed by atoms with van der Waals surface area (Å²) >= 11 is 18.2. The van der Waals surface area contributed by atoms with Crippen LogP contribution in [0.2, 0.25) is 15.1 Å². The predicted molar refractivity (Wildman–Crippen MR) is 141 cm³/mol. The second-order valence-electron chi connectivity index (χ2n) is 8.69. The fourth-order valence-electron chi connectivity index (χ4n) is 4.06. The van der Waals surface area contributed by atoms with E-state index in [0.29, 0.717) is 10.6 Å². The van der Waals surface area contributed by atoms with E-state index in [-0.39, 0.29) is 34.2 Å². The van der Waals surface area contributed by atoms with E-state index < -0.39 is 28.5 Å². The van der Waals surface area contributed by atoms with Crippen LogP contribution in [0.1, 0.15) is 38.2 Å². The highest BCUT2D eigenvalue weighted by Crippen LogP contribution is 2.29. The maximum atomic E-state index is 13.5. The highest BCUT2D eigenvalue weighted by atomic mass is 35.5. The van der Waals surface area contributed by atoms with Gasteiger partial charge in [-0.25, -0.2) is 8.42 Å². The van der Waals surface area contributed by atoms with Crippen molar-refractivity contribution in [1.29, 1.82) is 0 Å². The Kier molecular flexibility index (Phi) is 9.32.